The molecule has 45 heavy (non-hydrogen) atoms. The maximum atomic E-state index is 5.58. The molecule has 0 atom stereocenters. The van der Waals surface area contributed by atoms with Crippen LogP contribution in [0.4, 0.5) is 11.6 Å². The molecule has 3 aromatic carbocycles. The standard InChI is InChI=1S/C21H21BrN2O2.C8H9ClO.C5H5BrN2.Na.H/c1-25-19-7-3-16(4-8-19)14-24(21-13-18(22)11-12-23-21)15-17-5-9-20(26-2)10-6-17;1-10-8-4-2-7(6-9)3-5-8;6-4-1-2-8-5(7)3-4;;/h3-13H,14-15H2,1-2H3;2-5H,6H2,1H3;1-3H,(H2,7,8);;/q;;;+1;-1. The minimum absolute atomic E-state index is 0. The number of hydrogen-bond donors (Lipinski definition) is 1. The molecule has 0 aliphatic heterocycles. The van der Waals surface area contributed by atoms with Crippen molar-refractivity contribution in [3.63, 3.8) is 0 Å². The molecule has 0 saturated heterocycles. The van der Waals surface area contributed by atoms with Crippen LogP contribution in [0.2, 0.25) is 0 Å². The Labute approximate surface area is 311 Å². The first kappa shape index (κ1) is 38.4. The Bertz CT molecular complexity index is 1460. The molecular formula is C34H36Br2ClN4NaO3. The summed E-state index contributed by atoms with van der Waals surface area (Å²) in [6.07, 6.45) is 3.47. The Morgan fingerprint density at radius 1 is 0.644 bits per heavy atom. The monoisotopic (exact) mass is 764 g/mol. The van der Waals surface area contributed by atoms with Crippen molar-refractivity contribution >= 4 is 55.1 Å². The molecule has 2 heterocycles. The summed E-state index contributed by atoms with van der Waals surface area (Å²) in [5.74, 6) is 4.61. The summed E-state index contributed by atoms with van der Waals surface area (Å²) >= 11 is 12.4. The number of aromatic nitrogens is 2. The largest absolute Gasteiger partial charge is 1.00 e. The second-order valence-electron chi connectivity index (χ2n) is 9.27. The summed E-state index contributed by atoms with van der Waals surface area (Å²) in [7, 11) is 5.00. The Hall–Kier alpha value is -2.79. The van der Waals surface area contributed by atoms with Gasteiger partial charge in [-0.25, -0.2) is 9.97 Å². The number of halogens is 3. The molecule has 7 nitrogen and oxygen atoms in total. The molecule has 0 radical (unpaired) electrons. The van der Waals surface area contributed by atoms with E-state index < -0.39 is 0 Å². The van der Waals surface area contributed by atoms with Crippen molar-refractivity contribution < 1.29 is 45.2 Å². The minimum Gasteiger partial charge on any atom is -1.00 e. The summed E-state index contributed by atoms with van der Waals surface area (Å²) in [6, 6.07) is 31.5. The van der Waals surface area contributed by atoms with E-state index in [0.29, 0.717) is 11.7 Å². The number of rotatable bonds is 9. The van der Waals surface area contributed by atoms with Gasteiger partial charge in [0, 0.05) is 40.3 Å². The molecule has 2 N–H and O–H groups in total. The summed E-state index contributed by atoms with van der Waals surface area (Å²) < 4.78 is 17.4. The smallest absolute Gasteiger partial charge is 1.00 e. The van der Waals surface area contributed by atoms with Gasteiger partial charge in [0.05, 0.1) is 21.3 Å². The fourth-order valence-corrected chi connectivity index (χ4v) is 4.68. The first-order valence-corrected chi connectivity index (χ1v) is 15.6. The van der Waals surface area contributed by atoms with E-state index in [1.54, 1.807) is 33.6 Å². The third-order valence-electron chi connectivity index (χ3n) is 6.15. The fraction of sp³-hybridized carbons (Fsp3) is 0.176. The predicted molar refractivity (Wildman–Crippen MR) is 188 cm³/mol. The Morgan fingerprint density at radius 3 is 1.38 bits per heavy atom. The van der Waals surface area contributed by atoms with Crippen LogP contribution in [0, 0.1) is 0 Å². The first-order valence-electron chi connectivity index (χ1n) is 13.5. The molecule has 0 fully saturated rings. The second-order valence-corrected chi connectivity index (χ2v) is 11.4. The molecule has 5 rings (SSSR count). The van der Waals surface area contributed by atoms with Crippen LogP contribution in [0.1, 0.15) is 18.1 Å². The molecule has 0 bridgehead atoms. The minimum atomic E-state index is 0. The second kappa shape index (κ2) is 21.1. The maximum absolute atomic E-state index is 5.58. The zero-order valence-electron chi connectivity index (χ0n) is 26.8. The topological polar surface area (TPSA) is 82.7 Å². The number of alkyl halides is 1. The van der Waals surface area contributed by atoms with Crippen molar-refractivity contribution in [3.8, 4) is 17.2 Å². The number of pyridine rings is 2. The number of anilines is 2. The molecular weight excluding hydrogens is 731 g/mol. The van der Waals surface area contributed by atoms with E-state index in [2.05, 4.69) is 71.0 Å². The molecule has 0 amide bonds. The number of nitrogens with two attached hydrogens (primary N) is 1. The van der Waals surface area contributed by atoms with E-state index in [9.17, 15) is 0 Å². The summed E-state index contributed by atoms with van der Waals surface area (Å²) in [4.78, 5) is 10.6. The van der Waals surface area contributed by atoms with Gasteiger partial charge in [0.1, 0.15) is 28.9 Å². The Kier molecular flexibility index (Phi) is 18.0. The SMILES string of the molecule is COc1ccc(CCl)cc1.COc1ccc(CN(Cc2ccc(OC)cc2)c2cc(Br)ccn2)cc1.Nc1cc(Br)ccn1.[H-].[Na+]. The predicted octanol–water partition coefficient (Wildman–Crippen LogP) is 6.04. The normalized spacial score (nSPS) is 9.73. The number of nitrogens with zero attached hydrogens (tertiary/aromatic N) is 3. The van der Waals surface area contributed by atoms with Crippen molar-refractivity contribution in [2.45, 2.75) is 19.0 Å². The molecule has 0 aliphatic rings. The van der Waals surface area contributed by atoms with E-state index >= 15 is 0 Å². The van der Waals surface area contributed by atoms with Crippen molar-refractivity contribution in [2.24, 2.45) is 0 Å². The summed E-state index contributed by atoms with van der Waals surface area (Å²) in [5.41, 5.74) is 8.82. The van der Waals surface area contributed by atoms with E-state index in [4.69, 9.17) is 31.5 Å². The molecule has 5 aromatic rings. The fourth-order valence-electron chi connectivity index (χ4n) is 3.82. The first-order chi connectivity index (χ1) is 21.3. The molecule has 0 unspecified atom stereocenters. The van der Waals surface area contributed by atoms with Gasteiger partial charge in [-0.3, -0.25) is 0 Å². The van der Waals surface area contributed by atoms with Gasteiger partial charge < -0.3 is 26.3 Å². The van der Waals surface area contributed by atoms with E-state index in [1.807, 2.05) is 72.9 Å². The average molecular weight is 767 g/mol. The number of ether oxygens (including phenoxy) is 3. The molecule has 2 aromatic heterocycles. The van der Waals surface area contributed by atoms with Gasteiger partial charge in [-0.2, -0.15) is 0 Å². The molecule has 0 saturated carbocycles. The van der Waals surface area contributed by atoms with Crippen LogP contribution in [0.3, 0.4) is 0 Å². The van der Waals surface area contributed by atoms with Crippen LogP contribution in [-0.4, -0.2) is 31.3 Å². The zero-order chi connectivity index (χ0) is 31.7. The number of nitrogen functional groups attached to an aromatic ring is 1. The van der Waals surface area contributed by atoms with Gasteiger partial charge in [-0.1, -0.05) is 68.3 Å². The number of hydrogen-bond acceptors (Lipinski definition) is 7. The average Bonchev–Trinajstić information content (AvgIpc) is 3.05. The van der Waals surface area contributed by atoms with Gasteiger partial charge >= 0.3 is 29.6 Å². The zero-order valence-corrected chi connectivity index (χ0v) is 31.7. The third kappa shape index (κ3) is 14.0. The van der Waals surface area contributed by atoms with Gasteiger partial charge in [0.2, 0.25) is 0 Å². The molecule has 0 spiro atoms. The van der Waals surface area contributed by atoms with Gasteiger partial charge in [0.15, 0.2) is 0 Å². The number of benzene rings is 3. The van der Waals surface area contributed by atoms with Crippen LogP contribution < -0.4 is 54.4 Å². The van der Waals surface area contributed by atoms with Crippen molar-refractivity contribution in [1.82, 2.24) is 9.97 Å². The van der Waals surface area contributed by atoms with Crippen LogP contribution in [0.5, 0.6) is 17.2 Å². The quantitative estimate of drug-likeness (QED) is 0.145. The van der Waals surface area contributed by atoms with Crippen molar-refractivity contribution in [2.75, 3.05) is 32.0 Å². The van der Waals surface area contributed by atoms with Gasteiger partial charge in [-0.05, 0) is 77.4 Å². The molecule has 0 aliphatic carbocycles. The summed E-state index contributed by atoms with van der Waals surface area (Å²) in [6.45, 7) is 1.50. The molecule has 232 valence electrons. The van der Waals surface area contributed by atoms with Crippen molar-refractivity contribution in [3.05, 3.63) is 135 Å². The van der Waals surface area contributed by atoms with Crippen LogP contribution in [-0.2, 0) is 19.0 Å². The third-order valence-corrected chi connectivity index (χ3v) is 7.45. The van der Waals surface area contributed by atoms with Crippen LogP contribution in [0.25, 0.3) is 0 Å². The van der Waals surface area contributed by atoms with E-state index in [0.717, 1.165) is 50.7 Å². The maximum Gasteiger partial charge on any atom is 1.00 e. The van der Waals surface area contributed by atoms with Crippen LogP contribution >= 0.6 is 43.5 Å². The van der Waals surface area contributed by atoms with E-state index in [-0.39, 0.29) is 31.0 Å². The molecule has 11 heteroatoms. The van der Waals surface area contributed by atoms with Gasteiger partial charge in [0.25, 0.3) is 0 Å². The summed E-state index contributed by atoms with van der Waals surface area (Å²) in [5, 5.41) is 0. The van der Waals surface area contributed by atoms with Crippen LogP contribution in [0.15, 0.2) is 118 Å². The van der Waals surface area contributed by atoms with Gasteiger partial charge in [-0.15, -0.1) is 11.6 Å². The van der Waals surface area contributed by atoms with Crippen molar-refractivity contribution in [1.29, 1.82) is 0 Å². The number of methoxy groups -OCH3 is 3. The Morgan fingerprint density at radius 2 is 1.04 bits per heavy atom. The Balaban J connectivity index is 0.000000434. The van der Waals surface area contributed by atoms with E-state index in [1.165, 1.54) is 11.1 Å².